The van der Waals surface area contributed by atoms with Crippen molar-refractivity contribution in [3.8, 4) is 0 Å². The van der Waals surface area contributed by atoms with E-state index in [0.29, 0.717) is 49.6 Å². The molecule has 146 valence electrons. The zero-order valence-corrected chi connectivity index (χ0v) is 17.8. The highest BCUT2D eigenvalue weighted by Gasteiger charge is 2.30. The highest BCUT2D eigenvalue weighted by Crippen LogP contribution is 2.29. The zero-order valence-electron chi connectivity index (χ0n) is 14.6. The monoisotopic (exact) mass is 473 g/mol. The third kappa shape index (κ3) is 4.11. The Morgan fingerprint density at radius 1 is 1.00 bits per heavy atom. The Morgan fingerprint density at radius 3 is 2.41 bits per heavy atom. The first kappa shape index (κ1) is 19.1. The number of hydrogen-bond acceptors (Lipinski definition) is 8. The third-order valence-electron chi connectivity index (χ3n) is 4.63. The number of aromatic nitrogens is 2. The fourth-order valence-electron chi connectivity index (χ4n) is 3.15. The Kier molecular flexibility index (Phi) is 5.65. The molecule has 2 saturated heterocycles. The molecule has 2 aromatic rings. The lowest BCUT2D eigenvalue weighted by atomic mass is 10.3. The highest BCUT2D eigenvalue weighted by molar-refractivity contribution is 9.11. The van der Waals surface area contributed by atoms with E-state index in [9.17, 15) is 8.42 Å². The van der Waals surface area contributed by atoms with Crippen molar-refractivity contribution in [1.29, 1.82) is 0 Å². The average Bonchev–Trinajstić information content (AvgIpc) is 3.16. The number of morpholine rings is 1. The van der Waals surface area contributed by atoms with Gasteiger partial charge in [0.2, 0.25) is 5.95 Å². The van der Waals surface area contributed by atoms with Gasteiger partial charge in [-0.25, -0.2) is 13.4 Å². The van der Waals surface area contributed by atoms with Crippen molar-refractivity contribution in [1.82, 2.24) is 14.3 Å². The lowest BCUT2D eigenvalue weighted by Gasteiger charge is -2.35. The Labute approximate surface area is 170 Å². The number of thiophene rings is 1. The predicted molar refractivity (Wildman–Crippen MR) is 108 cm³/mol. The Balaban J connectivity index is 1.43. The molecule has 0 unspecified atom stereocenters. The van der Waals surface area contributed by atoms with Gasteiger partial charge in [0, 0.05) is 45.5 Å². The molecule has 0 radical (unpaired) electrons. The molecular formula is C16H20BrN5O3S2. The molecule has 2 aliphatic rings. The SMILES string of the molecule is O=S(=O)(c1ccc(Br)s1)N1CCN(c2ccnc(N3CCOCC3)n2)CC1. The van der Waals surface area contributed by atoms with Crippen molar-refractivity contribution >= 4 is 49.1 Å². The molecule has 4 rings (SSSR count). The van der Waals surface area contributed by atoms with Gasteiger partial charge in [-0.15, -0.1) is 11.3 Å². The maximum absolute atomic E-state index is 12.8. The van der Waals surface area contributed by atoms with Gasteiger partial charge in [-0.1, -0.05) is 0 Å². The minimum absolute atomic E-state index is 0.375. The van der Waals surface area contributed by atoms with Crippen LogP contribution in [0.3, 0.4) is 0 Å². The maximum atomic E-state index is 12.8. The maximum Gasteiger partial charge on any atom is 0.252 e. The summed E-state index contributed by atoms with van der Waals surface area (Å²) in [6.07, 6.45) is 1.76. The van der Waals surface area contributed by atoms with Crippen molar-refractivity contribution in [2.24, 2.45) is 0 Å². The molecule has 0 saturated carbocycles. The lowest BCUT2D eigenvalue weighted by molar-refractivity contribution is 0.122. The number of halogens is 1. The molecule has 27 heavy (non-hydrogen) atoms. The minimum Gasteiger partial charge on any atom is -0.378 e. The molecule has 0 amide bonds. The average molecular weight is 474 g/mol. The van der Waals surface area contributed by atoms with Crippen LogP contribution in [0.1, 0.15) is 0 Å². The Hall–Kier alpha value is -1.27. The molecule has 0 aliphatic carbocycles. The molecule has 0 aromatic carbocycles. The molecule has 2 aromatic heterocycles. The van der Waals surface area contributed by atoms with Crippen molar-refractivity contribution < 1.29 is 13.2 Å². The van der Waals surface area contributed by atoms with Gasteiger partial charge in [0.15, 0.2) is 0 Å². The van der Waals surface area contributed by atoms with E-state index in [2.05, 4.69) is 35.7 Å². The van der Waals surface area contributed by atoms with Crippen molar-refractivity contribution in [2.75, 3.05) is 62.3 Å². The van der Waals surface area contributed by atoms with E-state index >= 15 is 0 Å². The van der Waals surface area contributed by atoms with Crippen molar-refractivity contribution in [3.05, 3.63) is 28.2 Å². The fourth-order valence-corrected chi connectivity index (χ4v) is 6.74. The van der Waals surface area contributed by atoms with Gasteiger partial charge in [-0.05, 0) is 34.1 Å². The molecule has 2 fully saturated rings. The topological polar surface area (TPSA) is 78.9 Å². The fraction of sp³-hybridized carbons (Fsp3) is 0.500. The first-order chi connectivity index (χ1) is 13.0. The first-order valence-electron chi connectivity index (χ1n) is 8.70. The zero-order chi connectivity index (χ0) is 18.9. The van der Waals surface area contributed by atoms with Gasteiger partial charge in [0.05, 0.1) is 17.0 Å². The van der Waals surface area contributed by atoms with Crippen LogP contribution in [-0.2, 0) is 14.8 Å². The van der Waals surface area contributed by atoms with Crippen LogP contribution in [0.2, 0.25) is 0 Å². The van der Waals surface area contributed by atoms with Crippen molar-refractivity contribution in [2.45, 2.75) is 4.21 Å². The van der Waals surface area contributed by atoms with E-state index in [4.69, 9.17) is 4.74 Å². The minimum atomic E-state index is -3.43. The van der Waals surface area contributed by atoms with Gasteiger partial charge in [-0.3, -0.25) is 0 Å². The summed E-state index contributed by atoms with van der Waals surface area (Å²) in [4.78, 5) is 13.3. The third-order valence-corrected chi connectivity index (χ3v) is 8.62. The van der Waals surface area contributed by atoms with Gasteiger partial charge >= 0.3 is 0 Å². The van der Waals surface area contributed by atoms with Crippen LogP contribution in [0.5, 0.6) is 0 Å². The first-order valence-corrected chi connectivity index (χ1v) is 11.8. The molecule has 0 N–H and O–H groups in total. The summed E-state index contributed by atoms with van der Waals surface area (Å²) in [5, 5.41) is 0. The van der Waals surface area contributed by atoms with Crippen LogP contribution >= 0.6 is 27.3 Å². The highest BCUT2D eigenvalue weighted by atomic mass is 79.9. The van der Waals surface area contributed by atoms with E-state index in [-0.39, 0.29) is 0 Å². The van der Waals surface area contributed by atoms with Crippen LogP contribution < -0.4 is 9.80 Å². The summed E-state index contributed by atoms with van der Waals surface area (Å²) in [7, 11) is -3.43. The quantitative estimate of drug-likeness (QED) is 0.667. The van der Waals surface area contributed by atoms with Gasteiger partial charge in [0.1, 0.15) is 10.0 Å². The summed E-state index contributed by atoms with van der Waals surface area (Å²) in [6.45, 7) is 5.02. The molecular weight excluding hydrogens is 454 g/mol. The molecule has 0 spiro atoms. The molecule has 2 aliphatic heterocycles. The van der Waals surface area contributed by atoms with Crippen LogP contribution in [0.4, 0.5) is 11.8 Å². The number of anilines is 2. The molecule has 4 heterocycles. The van der Waals surface area contributed by atoms with Crippen LogP contribution in [0.15, 0.2) is 32.4 Å². The van der Waals surface area contributed by atoms with Gasteiger partial charge in [-0.2, -0.15) is 9.29 Å². The number of piperazine rings is 1. The second-order valence-corrected chi connectivity index (χ2v) is 10.9. The van der Waals surface area contributed by atoms with E-state index < -0.39 is 10.0 Å². The van der Waals surface area contributed by atoms with Crippen LogP contribution in [-0.4, -0.2) is 75.2 Å². The Morgan fingerprint density at radius 2 is 1.74 bits per heavy atom. The summed E-state index contributed by atoms with van der Waals surface area (Å²) in [5.74, 6) is 1.54. The summed E-state index contributed by atoms with van der Waals surface area (Å²) < 4.78 is 33.6. The van der Waals surface area contributed by atoms with E-state index in [1.54, 1.807) is 22.6 Å². The smallest absolute Gasteiger partial charge is 0.252 e. The molecule has 11 heteroatoms. The number of hydrogen-bond donors (Lipinski definition) is 0. The number of nitrogens with zero attached hydrogens (tertiary/aromatic N) is 5. The van der Waals surface area contributed by atoms with Gasteiger partial charge in [0.25, 0.3) is 10.0 Å². The standard InChI is InChI=1S/C16H20BrN5O3S2/c17-13-1-2-15(26-13)27(23,24)22-7-5-20(6-8-22)14-3-4-18-16(19-14)21-9-11-25-12-10-21/h1-4H,5-12H2. The Bertz CT molecular complexity index is 893. The van der Waals surface area contributed by atoms with E-state index in [1.807, 2.05) is 6.07 Å². The largest absolute Gasteiger partial charge is 0.378 e. The van der Waals surface area contributed by atoms with Crippen molar-refractivity contribution in [3.63, 3.8) is 0 Å². The second-order valence-electron chi connectivity index (χ2n) is 6.26. The van der Waals surface area contributed by atoms with E-state index in [0.717, 1.165) is 22.7 Å². The number of rotatable bonds is 4. The van der Waals surface area contributed by atoms with Crippen LogP contribution in [0, 0.1) is 0 Å². The summed E-state index contributed by atoms with van der Waals surface area (Å²) >= 11 is 4.57. The molecule has 0 bridgehead atoms. The number of sulfonamides is 1. The molecule has 0 atom stereocenters. The van der Waals surface area contributed by atoms with Crippen LogP contribution in [0.25, 0.3) is 0 Å². The predicted octanol–water partition coefficient (Wildman–Crippen LogP) is 1.65. The summed E-state index contributed by atoms with van der Waals surface area (Å²) in [6, 6.07) is 5.29. The summed E-state index contributed by atoms with van der Waals surface area (Å²) in [5.41, 5.74) is 0. The van der Waals surface area contributed by atoms with Gasteiger partial charge < -0.3 is 14.5 Å². The number of ether oxygens (including phenoxy) is 1. The lowest BCUT2D eigenvalue weighted by Crippen LogP contribution is -2.49. The second kappa shape index (κ2) is 8.00. The normalized spacial score (nSPS) is 19.4. The van der Waals surface area contributed by atoms with E-state index in [1.165, 1.54) is 11.3 Å². The molecule has 8 nitrogen and oxygen atoms in total.